The van der Waals surface area contributed by atoms with Crippen molar-refractivity contribution in [1.82, 2.24) is 4.72 Å². The summed E-state index contributed by atoms with van der Waals surface area (Å²) in [5.41, 5.74) is 0. The molecule has 1 aliphatic carbocycles. The lowest BCUT2D eigenvalue weighted by atomic mass is 10.2. The monoisotopic (exact) mass is 223 g/mol. The molecule has 0 amide bonds. The molecule has 0 spiro atoms. The van der Waals surface area contributed by atoms with Crippen LogP contribution in [0.4, 0.5) is 0 Å². The predicted octanol–water partition coefficient (Wildman–Crippen LogP) is -1.10. The highest BCUT2D eigenvalue weighted by Crippen LogP contribution is 2.27. The van der Waals surface area contributed by atoms with E-state index in [0.717, 1.165) is 0 Å². The van der Waals surface area contributed by atoms with Crippen LogP contribution >= 0.6 is 0 Å². The molecule has 1 rings (SSSR count). The van der Waals surface area contributed by atoms with E-state index >= 15 is 0 Å². The second-order valence-electron chi connectivity index (χ2n) is 3.27. The molecular formula is C7H13NO5S. The number of carbonyl (C=O) groups is 1. The highest BCUT2D eigenvalue weighted by molar-refractivity contribution is 7.90. The summed E-state index contributed by atoms with van der Waals surface area (Å²) in [5, 5.41) is 16.7. The Bertz CT molecular complexity index is 308. The predicted molar refractivity (Wildman–Crippen MR) is 48.2 cm³/mol. The molecule has 1 unspecified atom stereocenters. The van der Waals surface area contributed by atoms with Gasteiger partial charge < -0.3 is 10.2 Å². The van der Waals surface area contributed by atoms with Crippen molar-refractivity contribution in [1.29, 1.82) is 0 Å². The fourth-order valence-electron chi connectivity index (χ4n) is 1.03. The zero-order valence-electron chi connectivity index (χ0n) is 7.51. The molecule has 7 heteroatoms. The SMILES string of the molecule is O=C(O)C(CCO)NS(=O)(=O)C1CC1. The smallest absolute Gasteiger partial charge is 0.321 e. The van der Waals surface area contributed by atoms with Gasteiger partial charge in [0.15, 0.2) is 0 Å². The summed E-state index contributed by atoms with van der Waals surface area (Å²) in [6, 6.07) is -1.22. The largest absolute Gasteiger partial charge is 0.480 e. The van der Waals surface area contributed by atoms with Crippen LogP contribution in [0.25, 0.3) is 0 Å². The van der Waals surface area contributed by atoms with E-state index in [1.165, 1.54) is 0 Å². The Kier molecular flexibility index (Phi) is 3.46. The van der Waals surface area contributed by atoms with Crippen LogP contribution in [0.1, 0.15) is 19.3 Å². The van der Waals surface area contributed by atoms with Crippen molar-refractivity contribution in [3.63, 3.8) is 0 Å². The molecule has 14 heavy (non-hydrogen) atoms. The van der Waals surface area contributed by atoms with Crippen LogP contribution in [0.15, 0.2) is 0 Å². The van der Waals surface area contributed by atoms with Crippen molar-refractivity contribution in [2.75, 3.05) is 6.61 Å². The first-order valence-electron chi connectivity index (χ1n) is 4.32. The van der Waals surface area contributed by atoms with Crippen LogP contribution in [0, 0.1) is 0 Å². The number of aliphatic hydroxyl groups is 1. The summed E-state index contributed by atoms with van der Waals surface area (Å²) >= 11 is 0. The fourth-order valence-corrected chi connectivity index (χ4v) is 2.60. The number of hydrogen-bond donors (Lipinski definition) is 3. The van der Waals surface area contributed by atoms with E-state index in [2.05, 4.69) is 4.72 Å². The van der Waals surface area contributed by atoms with Gasteiger partial charge in [-0.25, -0.2) is 13.1 Å². The zero-order valence-corrected chi connectivity index (χ0v) is 8.33. The lowest BCUT2D eigenvalue weighted by Gasteiger charge is -2.12. The van der Waals surface area contributed by atoms with Gasteiger partial charge in [-0.2, -0.15) is 0 Å². The highest BCUT2D eigenvalue weighted by Gasteiger charge is 2.38. The first-order valence-corrected chi connectivity index (χ1v) is 5.87. The molecule has 0 radical (unpaired) electrons. The van der Waals surface area contributed by atoms with E-state index in [0.29, 0.717) is 12.8 Å². The molecule has 3 N–H and O–H groups in total. The number of sulfonamides is 1. The van der Waals surface area contributed by atoms with Crippen molar-refractivity contribution in [2.45, 2.75) is 30.6 Å². The second-order valence-corrected chi connectivity index (χ2v) is 5.26. The minimum atomic E-state index is -3.50. The van der Waals surface area contributed by atoms with Crippen LogP contribution in [0.5, 0.6) is 0 Å². The van der Waals surface area contributed by atoms with Crippen molar-refractivity contribution < 1.29 is 23.4 Å². The number of aliphatic hydroxyl groups excluding tert-OH is 1. The number of rotatable bonds is 6. The molecule has 0 aromatic rings. The van der Waals surface area contributed by atoms with E-state index in [9.17, 15) is 13.2 Å². The number of aliphatic carboxylic acids is 1. The van der Waals surface area contributed by atoms with Crippen LogP contribution in [-0.2, 0) is 14.8 Å². The fraction of sp³-hybridized carbons (Fsp3) is 0.857. The highest BCUT2D eigenvalue weighted by atomic mass is 32.2. The van der Waals surface area contributed by atoms with Gasteiger partial charge in [0.1, 0.15) is 6.04 Å². The standard InChI is InChI=1S/C7H13NO5S/c9-4-3-6(7(10)11)8-14(12,13)5-1-2-5/h5-6,8-9H,1-4H2,(H,10,11). The zero-order chi connectivity index (χ0) is 10.8. The number of carboxylic acids is 1. The Labute approximate surface area is 82.0 Å². The first kappa shape index (κ1) is 11.4. The van der Waals surface area contributed by atoms with Crippen LogP contribution in [0.3, 0.4) is 0 Å². The molecule has 82 valence electrons. The minimum Gasteiger partial charge on any atom is -0.480 e. The van der Waals surface area contributed by atoms with Crippen molar-refractivity contribution >= 4 is 16.0 Å². The summed E-state index contributed by atoms with van der Waals surface area (Å²) in [4.78, 5) is 10.6. The Morgan fingerprint density at radius 3 is 2.43 bits per heavy atom. The maximum atomic E-state index is 11.3. The average molecular weight is 223 g/mol. The number of nitrogens with one attached hydrogen (secondary N) is 1. The van der Waals surface area contributed by atoms with Gasteiger partial charge in [-0.05, 0) is 19.3 Å². The van der Waals surface area contributed by atoms with Gasteiger partial charge in [-0.15, -0.1) is 0 Å². The quantitative estimate of drug-likeness (QED) is 0.530. The number of hydrogen-bond acceptors (Lipinski definition) is 4. The maximum absolute atomic E-state index is 11.3. The van der Waals surface area contributed by atoms with Gasteiger partial charge in [0, 0.05) is 6.61 Å². The summed E-state index contributed by atoms with van der Waals surface area (Å²) in [7, 11) is -3.50. The third-order valence-electron chi connectivity index (χ3n) is 1.99. The van der Waals surface area contributed by atoms with Gasteiger partial charge >= 0.3 is 5.97 Å². The molecule has 0 bridgehead atoms. The van der Waals surface area contributed by atoms with Crippen molar-refractivity contribution in [3.8, 4) is 0 Å². The molecule has 1 fully saturated rings. The molecule has 0 aromatic carbocycles. The molecule has 6 nitrogen and oxygen atoms in total. The maximum Gasteiger partial charge on any atom is 0.321 e. The Morgan fingerprint density at radius 1 is 1.50 bits per heavy atom. The van der Waals surface area contributed by atoms with Gasteiger partial charge in [-0.3, -0.25) is 4.79 Å². The molecule has 0 aromatic heterocycles. The molecule has 1 atom stereocenters. The van der Waals surface area contributed by atoms with Crippen LogP contribution in [-0.4, -0.2) is 42.5 Å². The Hall–Kier alpha value is -0.660. The lowest BCUT2D eigenvalue weighted by Crippen LogP contribution is -2.42. The summed E-state index contributed by atoms with van der Waals surface area (Å²) in [5.74, 6) is -1.26. The molecule has 1 saturated carbocycles. The Balaban J connectivity index is 2.58. The summed E-state index contributed by atoms with van der Waals surface area (Å²) in [6.07, 6.45) is 1.06. The van der Waals surface area contributed by atoms with E-state index in [1.54, 1.807) is 0 Å². The third kappa shape index (κ3) is 2.93. The van der Waals surface area contributed by atoms with Gasteiger partial charge in [0.05, 0.1) is 5.25 Å². The van der Waals surface area contributed by atoms with E-state index in [4.69, 9.17) is 10.2 Å². The second kappa shape index (κ2) is 4.24. The molecule has 0 heterocycles. The van der Waals surface area contributed by atoms with E-state index in [1.807, 2.05) is 0 Å². The van der Waals surface area contributed by atoms with E-state index in [-0.39, 0.29) is 13.0 Å². The van der Waals surface area contributed by atoms with Gasteiger partial charge in [0.2, 0.25) is 10.0 Å². The normalized spacial score (nSPS) is 19.2. The van der Waals surface area contributed by atoms with Crippen LogP contribution in [0.2, 0.25) is 0 Å². The first-order chi connectivity index (χ1) is 6.47. The van der Waals surface area contributed by atoms with Crippen LogP contribution < -0.4 is 4.72 Å². The molecule has 0 saturated heterocycles. The van der Waals surface area contributed by atoms with Crippen molar-refractivity contribution in [2.24, 2.45) is 0 Å². The molecule has 0 aliphatic heterocycles. The minimum absolute atomic E-state index is 0.110. The Morgan fingerprint density at radius 2 is 2.07 bits per heavy atom. The summed E-state index contributed by atoms with van der Waals surface area (Å²) in [6.45, 7) is -0.357. The van der Waals surface area contributed by atoms with Gasteiger partial charge in [0.25, 0.3) is 0 Å². The number of carboxylic acid groups (broad SMARTS) is 1. The molecular weight excluding hydrogens is 210 g/mol. The average Bonchev–Trinajstić information content (AvgIpc) is 2.84. The van der Waals surface area contributed by atoms with Crippen molar-refractivity contribution in [3.05, 3.63) is 0 Å². The molecule has 1 aliphatic rings. The van der Waals surface area contributed by atoms with Gasteiger partial charge in [-0.1, -0.05) is 0 Å². The topological polar surface area (TPSA) is 104 Å². The summed E-state index contributed by atoms with van der Waals surface area (Å²) < 4.78 is 24.7. The lowest BCUT2D eigenvalue weighted by molar-refractivity contribution is -0.139. The van der Waals surface area contributed by atoms with E-state index < -0.39 is 27.3 Å². The third-order valence-corrected chi connectivity index (χ3v) is 3.95.